The molecule has 1 aromatic rings. The summed E-state index contributed by atoms with van der Waals surface area (Å²) in [5, 5.41) is 25.3. The number of hydrogen-bond acceptors (Lipinski definition) is 5. The SMILES string of the molecule is CCC/C=C/C(=C(\N=C(/C)Nc1cccc(NCC#N)c1C=N)NCC1CC1)C(F)(F)F. The Balaban J connectivity index is 2.39. The minimum Gasteiger partial charge on any atom is -0.372 e. The second-order valence-corrected chi connectivity index (χ2v) is 7.52. The lowest BCUT2D eigenvalue weighted by Gasteiger charge is -2.17. The van der Waals surface area contributed by atoms with Gasteiger partial charge in [0.2, 0.25) is 0 Å². The summed E-state index contributed by atoms with van der Waals surface area (Å²) < 4.78 is 41.4. The van der Waals surface area contributed by atoms with E-state index >= 15 is 0 Å². The topological polar surface area (TPSA) is 96.1 Å². The van der Waals surface area contributed by atoms with E-state index in [2.05, 4.69) is 20.9 Å². The van der Waals surface area contributed by atoms with Gasteiger partial charge in [0.1, 0.15) is 18.2 Å². The summed E-state index contributed by atoms with van der Waals surface area (Å²) in [6, 6.07) is 7.11. The first-order valence-corrected chi connectivity index (χ1v) is 10.6. The molecule has 32 heavy (non-hydrogen) atoms. The lowest BCUT2D eigenvalue weighted by atomic mass is 10.1. The zero-order valence-electron chi connectivity index (χ0n) is 18.3. The molecule has 9 heteroatoms. The maximum absolute atomic E-state index is 13.8. The Morgan fingerprint density at radius 3 is 2.62 bits per heavy atom. The molecule has 1 aliphatic carbocycles. The van der Waals surface area contributed by atoms with E-state index in [4.69, 9.17) is 10.7 Å². The average molecular weight is 447 g/mol. The lowest BCUT2D eigenvalue weighted by molar-refractivity contribution is -0.0893. The fourth-order valence-electron chi connectivity index (χ4n) is 2.94. The number of nitrogens with one attached hydrogen (secondary N) is 4. The third-order valence-electron chi connectivity index (χ3n) is 4.76. The zero-order chi connectivity index (χ0) is 23.6. The summed E-state index contributed by atoms with van der Waals surface area (Å²) >= 11 is 0. The van der Waals surface area contributed by atoms with Crippen LogP contribution in [0.4, 0.5) is 24.5 Å². The number of benzene rings is 1. The molecule has 1 aromatic carbocycles. The minimum absolute atomic E-state index is 0.0639. The Morgan fingerprint density at radius 1 is 1.31 bits per heavy atom. The second-order valence-electron chi connectivity index (χ2n) is 7.52. The minimum atomic E-state index is -4.55. The molecule has 0 radical (unpaired) electrons. The quantitative estimate of drug-likeness (QED) is 0.154. The van der Waals surface area contributed by atoms with Crippen LogP contribution < -0.4 is 16.0 Å². The maximum atomic E-state index is 13.8. The summed E-state index contributed by atoms with van der Waals surface area (Å²) in [6.07, 6.45) is 2.45. The fraction of sp³-hybridized carbons (Fsp3) is 0.435. The first-order chi connectivity index (χ1) is 15.3. The predicted octanol–water partition coefficient (Wildman–Crippen LogP) is 5.58. The van der Waals surface area contributed by atoms with Crippen molar-refractivity contribution < 1.29 is 13.2 Å². The van der Waals surface area contributed by atoms with Gasteiger partial charge in [0.15, 0.2) is 0 Å². The molecule has 1 saturated carbocycles. The number of hydrogen-bond donors (Lipinski definition) is 4. The van der Waals surface area contributed by atoms with Crippen molar-refractivity contribution in [2.45, 2.75) is 45.7 Å². The molecule has 0 heterocycles. The highest BCUT2D eigenvalue weighted by Crippen LogP contribution is 2.32. The maximum Gasteiger partial charge on any atom is 0.419 e. The van der Waals surface area contributed by atoms with Crippen molar-refractivity contribution >= 4 is 23.4 Å². The van der Waals surface area contributed by atoms with Gasteiger partial charge in [0, 0.05) is 24.0 Å². The largest absolute Gasteiger partial charge is 0.419 e. The van der Waals surface area contributed by atoms with Gasteiger partial charge in [-0.05, 0) is 44.2 Å². The van der Waals surface area contributed by atoms with E-state index in [9.17, 15) is 13.2 Å². The number of nitrogens with zero attached hydrogens (tertiary/aromatic N) is 2. The van der Waals surface area contributed by atoms with Crippen molar-refractivity contribution in [3.05, 3.63) is 47.3 Å². The first-order valence-electron chi connectivity index (χ1n) is 10.6. The normalized spacial score (nSPS) is 15.2. The van der Waals surface area contributed by atoms with Crippen LogP contribution >= 0.6 is 0 Å². The Morgan fingerprint density at radius 2 is 2.03 bits per heavy atom. The molecule has 1 aliphatic rings. The molecule has 0 amide bonds. The molecular weight excluding hydrogens is 417 g/mol. The molecule has 0 aliphatic heterocycles. The highest BCUT2D eigenvalue weighted by Gasteiger charge is 2.35. The predicted molar refractivity (Wildman–Crippen MR) is 123 cm³/mol. The van der Waals surface area contributed by atoms with Crippen LogP contribution in [0.15, 0.2) is 46.7 Å². The van der Waals surface area contributed by atoms with Crippen LogP contribution in [-0.2, 0) is 0 Å². The summed E-state index contributed by atoms with van der Waals surface area (Å²) in [5.41, 5.74) is 0.735. The van der Waals surface area contributed by atoms with E-state index in [1.807, 2.05) is 13.0 Å². The summed E-state index contributed by atoms with van der Waals surface area (Å²) in [6.45, 7) is 3.98. The number of anilines is 2. The molecule has 0 bridgehead atoms. The van der Waals surface area contributed by atoms with Crippen molar-refractivity contribution in [2.24, 2.45) is 10.9 Å². The van der Waals surface area contributed by atoms with Gasteiger partial charge in [0.05, 0.1) is 17.3 Å². The van der Waals surface area contributed by atoms with Gasteiger partial charge in [-0.3, -0.25) is 0 Å². The van der Waals surface area contributed by atoms with Crippen LogP contribution in [-0.4, -0.2) is 31.3 Å². The number of halogens is 3. The molecule has 0 unspecified atom stereocenters. The van der Waals surface area contributed by atoms with Gasteiger partial charge in [-0.1, -0.05) is 31.6 Å². The Kier molecular flexibility index (Phi) is 9.32. The monoisotopic (exact) mass is 446 g/mol. The highest BCUT2D eigenvalue weighted by molar-refractivity contribution is 6.02. The van der Waals surface area contributed by atoms with Crippen molar-refractivity contribution in [1.82, 2.24) is 5.32 Å². The lowest BCUT2D eigenvalue weighted by Crippen LogP contribution is -2.24. The van der Waals surface area contributed by atoms with Gasteiger partial charge < -0.3 is 21.4 Å². The Bertz CT molecular complexity index is 921. The van der Waals surface area contributed by atoms with Crippen LogP contribution in [0.25, 0.3) is 0 Å². The number of amidine groups is 1. The standard InChI is InChI=1S/C23H29F3N6/c1-3-4-5-7-19(23(24,25)26)22(30-15-17-10-11-17)32-16(2)31-21-9-6-8-20(18(21)14-28)29-13-12-27/h5-9,14,17,28-30H,3-4,10-11,13,15H2,1-2H3,(H,31,32)/b7-5+,22-19+,28-14?. The number of unbranched alkanes of at least 4 members (excludes halogenated alkanes) is 1. The Labute approximate surface area is 186 Å². The van der Waals surface area contributed by atoms with Gasteiger partial charge in [-0.25, -0.2) is 4.99 Å². The number of alkyl halides is 3. The van der Waals surface area contributed by atoms with E-state index in [1.165, 1.54) is 6.08 Å². The summed E-state index contributed by atoms with van der Waals surface area (Å²) in [5.74, 6) is 0.390. The second kappa shape index (κ2) is 11.9. The van der Waals surface area contributed by atoms with Crippen molar-refractivity contribution in [3.63, 3.8) is 0 Å². The molecule has 6 nitrogen and oxygen atoms in total. The molecule has 1 fully saturated rings. The number of rotatable bonds is 11. The third-order valence-corrected chi connectivity index (χ3v) is 4.76. The van der Waals surface area contributed by atoms with Crippen molar-refractivity contribution in [3.8, 4) is 6.07 Å². The molecule has 0 aromatic heterocycles. The molecule has 0 saturated heterocycles. The number of aliphatic imine (C=N–C) groups is 1. The van der Waals surface area contributed by atoms with Crippen molar-refractivity contribution in [2.75, 3.05) is 23.7 Å². The molecule has 4 N–H and O–H groups in total. The third kappa shape index (κ3) is 7.76. The fourth-order valence-corrected chi connectivity index (χ4v) is 2.94. The van der Waals surface area contributed by atoms with Gasteiger partial charge in [0.25, 0.3) is 0 Å². The molecule has 172 valence electrons. The average Bonchev–Trinajstić information content (AvgIpc) is 3.56. The van der Waals surface area contributed by atoms with Crippen LogP contribution in [0.5, 0.6) is 0 Å². The van der Waals surface area contributed by atoms with Gasteiger partial charge in [-0.2, -0.15) is 18.4 Å². The van der Waals surface area contributed by atoms with Gasteiger partial charge >= 0.3 is 6.18 Å². The summed E-state index contributed by atoms with van der Waals surface area (Å²) in [7, 11) is 0. The molecule has 0 atom stereocenters. The molecular formula is C23H29F3N6. The first kappa shape index (κ1) is 25.0. The van der Waals surface area contributed by atoms with Crippen LogP contribution in [0.3, 0.4) is 0 Å². The van der Waals surface area contributed by atoms with E-state index < -0.39 is 11.7 Å². The van der Waals surface area contributed by atoms with Crippen molar-refractivity contribution in [1.29, 1.82) is 10.7 Å². The van der Waals surface area contributed by atoms with Crippen LogP contribution in [0, 0.1) is 22.7 Å². The highest BCUT2D eigenvalue weighted by atomic mass is 19.4. The van der Waals surface area contributed by atoms with E-state index in [0.29, 0.717) is 35.8 Å². The molecule has 2 rings (SSSR count). The van der Waals surface area contributed by atoms with Crippen LogP contribution in [0.2, 0.25) is 0 Å². The van der Waals surface area contributed by atoms with E-state index in [-0.39, 0.29) is 18.2 Å². The number of allylic oxidation sites excluding steroid dienone is 3. The Hall–Kier alpha value is -3.28. The zero-order valence-corrected chi connectivity index (χ0v) is 18.3. The van der Waals surface area contributed by atoms with E-state index in [1.54, 1.807) is 25.1 Å². The smallest absolute Gasteiger partial charge is 0.372 e. The summed E-state index contributed by atoms with van der Waals surface area (Å²) in [4.78, 5) is 4.24. The van der Waals surface area contributed by atoms with Gasteiger partial charge in [-0.15, -0.1) is 0 Å². The molecule has 0 spiro atoms. The number of nitriles is 1. The van der Waals surface area contributed by atoms with E-state index in [0.717, 1.165) is 31.6 Å². The van der Waals surface area contributed by atoms with Crippen LogP contribution in [0.1, 0.15) is 45.1 Å².